The fourth-order valence-corrected chi connectivity index (χ4v) is 6.03. The average molecular weight is 498 g/mol. The minimum atomic E-state index is -1.11. The highest BCUT2D eigenvalue weighted by atomic mass is 32.2. The van der Waals surface area contributed by atoms with E-state index in [2.05, 4.69) is 20.8 Å². The van der Waals surface area contributed by atoms with Gasteiger partial charge in [0.05, 0.1) is 0 Å². The van der Waals surface area contributed by atoms with E-state index in [9.17, 15) is 18.8 Å². The van der Waals surface area contributed by atoms with Crippen molar-refractivity contribution < 1.29 is 18.8 Å². The molecule has 2 heterocycles. The van der Waals surface area contributed by atoms with E-state index in [0.717, 1.165) is 34.4 Å². The van der Waals surface area contributed by atoms with Crippen molar-refractivity contribution in [3.8, 4) is 0 Å². The molecule has 0 saturated carbocycles. The third kappa shape index (κ3) is 4.28. The number of aryl methyl sites for hydroxylation is 1. The molecule has 174 valence electrons. The van der Waals surface area contributed by atoms with Gasteiger partial charge in [0, 0.05) is 5.75 Å². The number of benzene rings is 2. The number of halogens is 1. The number of thioether (sulfide) groups is 1. The quantitative estimate of drug-likeness (QED) is 0.306. The van der Waals surface area contributed by atoms with Gasteiger partial charge < -0.3 is 5.32 Å². The summed E-state index contributed by atoms with van der Waals surface area (Å²) in [7, 11) is 0. The maximum absolute atomic E-state index is 13.3. The smallest absolute Gasteiger partial charge is 0.319 e. The minimum Gasteiger partial charge on any atom is -0.319 e. The first-order valence-corrected chi connectivity index (χ1v) is 12.5. The van der Waals surface area contributed by atoms with Crippen molar-refractivity contribution in [2.75, 3.05) is 11.9 Å². The maximum atomic E-state index is 13.3. The third-order valence-corrected chi connectivity index (χ3v) is 7.92. The molecule has 1 atom stereocenters. The zero-order valence-electron chi connectivity index (χ0n) is 17.9. The molecule has 2 aliphatic rings. The Morgan fingerprint density at radius 2 is 1.97 bits per heavy atom. The number of rotatable bonds is 6. The normalized spacial score (nSPS) is 19.3. The number of carbonyl (C=O) groups excluding carboxylic acids is 3. The number of fused-ring (bicyclic) bond motifs is 2. The highest BCUT2D eigenvalue weighted by molar-refractivity contribution is 8.00. The molecule has 34 heavy (non-hydrogen) atoms. The first-order chi connectivity index (χ1) is 16.4. The van der Waals surface area contributed by atoms with Crippen LogP contribution in [0.2, 0.25) is 0 Å². The van der Waals surface area contributed by atoms with Gasteiger partial charge in [-0.05, 0) is 48.1 Å². The van der Waals surface area contributed by atoms with Crippen molar-refractivity contribution in [3.05, 3.63) is 71.0 Å². The molecule has 5 rings (SSSR count). The number of amides is 4. The third-order valence-electron chi connectivity index (χ3n) is 5.88. The van der Waals surface area contributed by atoms with Crippen LogP contribution in [-0.2, 0) is 27.3 Å². The first kappa shape index (κ1) is 22.5. The van der Waals surface area contributed by atoms with E-state index >= 15 is 0 Å². The van der Waals surface area contributed by atoms with Crippen LogP contribution in [0.4, 0.5) is 14.3 Å². The highest BCUT2D eigenvalue weighted by Crippen LogP contribution is 2.39. The minimum absolute atomic E-state index is 0.274. The lowest BCUT2D eigenvalue weighted by Gasteiger charge is -2.33. The molecule has 0 bridgehead atoms. The van der Waals surface area contributed by atoms with Gasteiger partial charge in [-0.25, -0.2) is 9.18 Å². The van der Waals surface area contributed by atoms with Gasteiger partial charge in [-0.15, -0.1) is 10.2 Å². The summed E-state index contributed by atoms with van der Waals surface area (Å²) in [6, 6.07) is 13.2. The standard InChI is InChI=1S/C23H20FN5O3S2/c24-16-9-7-14(8-10-16)13-33-22-28-27-20(34-22)25-18(30)12-29-19(31)23(26-21(29)32)11-3-5-15-4-1-2-6-17(15)23/h1-2,4,6-10H,3,5,11-13H2,(H,26,32)(H,25,27,30)/t23-/m1/s1. The van der Waals surface area contributed by atoms with Crippen molar-refractivity contribution in [1.29, 1.82) is 0 Å². The van der Waals surface area contributed by atoms with Crippen molar-refractivity contribution in [1.82, 2.24) is 20.4 Å². The van der Waals surface area contributed by atoms with E-state index < -0.39 is 29.9 Å². The van der Waals surface area contributed by atoms with E-state index in [1.807, 2.05) is 24.3 Å². The second-order valence-electron chi connectivity index (χ2n) is 8.07. The van der Waals surface area contributed by atoms with Crippen molar-refractivity contribution in [2.24, 2.45) is 0 Å². The molecule has 1 aromatic heterocycles. The molecular weight excluding hydrogens is 477 g/mol. The van der Waals surface area contributed by atoms with Crippen LogP contribution >= 0.6 is 23.1 Å². The van der Waals surface area contributed by atoms with E-state index in [0.29, 0.717) is 16.5 Å². The van der Waals surface area contributed by atoms with Gasteiger partial charge in [-0.1, -0.05) is 59.5 Å². The second-order valence-corrected chi connectivity index (χ2v) is 10.3. The molecule has 3 aromatic rings. The first-order valence-electron chi connectivity index (χ1n) is 10.7. The number of nitrogens with one attached hydrogen (secondary N) is 2. The number of urea groups is 1. The lowest BCUT2D eigenvalue weighted by molar-refractivity contribution is -0.134. The number of imide groups is 1. The van der Waals surface area contributed by atoms with Crippen LogP contribution in [0, 0.1) is 5.82 Å². The Morgan fingerprint density at radius 3 is 2.79 bits per heavy atom. The molecule has 11 heteroatoms. The van der Waals surface area contributed by atoms with Crippen LogP contribution in [0.5, 0.6) is 0 Å². The molecule has 0 radical (unpaired) electrons. The molecule has 1 spiro atoms. The molecular formula is C23H20FN5O3S2. The Bertz CT molecular complexity index is 1270. The van der Waals surface area contributed by atoms with Gasteiger partial charge in [0.15, 0.2) is 4.34 Å². The molecule has 1 saturated heterocycles. The van der Waals surface area contributed by atoms with Crippen LogP contribution in [0.1, 0.15) is 29.5 Å². The summed E-state index contributed by atoms with van der Waals surface area (Å²) in [6.45, 7) is -0.410. The number of hydrogen-bond acceptors (Lipinski definition) is 7. The Labute approximate surface area is 202 Å². The van der Waals surface area contributed by atoms with E-state index in [-0.39, 0.29) is 10.9 Å². The maximum Gasteiger partial charge on any atom is 0.325 e. The molecule has 4 amide bonds. The molecule has 8 nitrogen and oxygen atoms in total. The predicted octanol–water partition coefficient (Wildman–Crippen LogP) is 3.69. The molecule has 0 unspecified atom stereocenters. The Balaban J connectivity index is 1.21. The van der Waals surface area contributed by atoms with Crippen LogP contribution in [-0.4, -0.2) is 39.5 Å². The van der Waals surface area contributed by atoms with Crippen LogP contribution in [0.15, 0.2) is 52.9 Å². The van der Waals surface area contributed by atoms with Crippen molar-refractivity contribution in [3.63, 3.8) is 0 Å². The summed E-state index contributed by atoms with van der Waals surface area (Å²) in [6.07, 6.45) is 2.12. The number of hydrogen-bond donors (Lipinski definition) is 2. The van der Waals surface area contributed by atoms with Crippen LogP contribution in [0.25, 0.3) is 0 Å². The fraction of sp³-hybridized carbons (Fsp3) is 0.261. The fourth-order valence-electron chi connectivity index (χ4n) is 4.30. The lowest BCUT2D eigenvalue weighted by atomic mass is 9.76. The lowest BCUT2D eigenvalue weighted by Crippen LogP contribution is -2.47. The molecule has 1 aliphatic carbocycles. The summed E-state index contributed by atoms with van der Waals surface area (Å²) in [5.74, 6) is -0.656. The zero-order chi connectivity index (χ0) is 23.7. The van der Waals surface area contributed by atoms with E-state index in [4.69, 9.17) is 0 Å². The van der Waals surface area contributed by atoms with Crippen molar-refractivity contribution in [2.45, 2.75) is 34.9 Å². The summed E-state index contributed by atoms with van der Waals surface area (Å²) in [5, 5.41) is 13.7. The summed E-state index contributed by atoms with van der Waals surface area (Å²) in [5.41, 5.74) is 1.66. The summed E-state index contributed by atoms with van der Waals surface area (Å²) < 4.78 is 13.7. The van der Waals surface area contributed by atoms with Crippen LogP contribution in [0.3, 0.4) is 0 Å². The molecule has 1 aliphatic heterocycles. The topological polar surface area (TPSA) is 104 Å². The Hall–Kier alpha value is -3.31. The summed E-state index contributed by atoms with van der Waals surface area (Å²) >= 11 is 2.60. The largest absolute Gasteiger partial charge is 0.325 e. The van der Waals surface area contributed by atoms with Gasteiger partial charge >= 0.3 is 6.03 Å². The molecule has 2 N–H and O–H groups in total. The Morgan fingerprint density at radius 1 is 1.18 bits per heavy atom. The van der Waals surface area contributed by atoms with Gasteiger partial charge in [0.2, 0.25) is 11.0 Å². The van der Waals surface area contributed by atoms with Gasteiger partial charge in [-0.2, -0.15) is 0 Å². The second kappa shape index (κ2) is 9.15. The predicted molar refractivity (Wildman–Crippen MR) is 126 cm³/mol. The highest BCUT2D eigenvalue weighted by Gasteiger charge is 2.54. The monoisotopic (exact) mass is 497 g/mol. The number of aromatic nitrogens is 2. The van der Waals surface area contributed by atoms with Gasteiger partial charge in [-0.3, -0.25) is 19.8 Å². The average Bonchev–Trinajstić information content (AvgIpc) is 3.37. The van der Waals surface area contributed by atoms with E-state index in [1.165, 1.54) is 35.2 Å². The molecule has 1 fully saturated rings. The number of nitrogens with zero attached hydrogens (tertiary/aromatic N) is 3. The zero-order valence-corrected chi connectivity index (χ0v) is 19.5. The Kier molecular flexibility index (Phi) is 6.05. The van der Waals surface area contributed by atoms with Crippen molar-refractivity contribution >= 4 is 46.1 Å². The van der Waals surface area contributed by atoms with Crippen LogP contribution < -0.4 is 10.6 Å². The number of anilines is 1. The van der Waals surface area contributed by atoms with E-state index in [1.54, 1.807) is 12.1 Å². The van der Waals surface area contributed by atoms with Gasteiger partial charge in [0.25, 0.3) is 5.91 Å². The SMILES string of the molecule is O=C(CN1C(=O)N[C@@]2(CCCc3ccccc32)C1=O)Nc1nnc(SCc2ccc(F)cc2)s1. The number of carbonyl (C=O) groups is 3. The summed E-state index contributed by atoms with van der Waals surface area (Å²) in [4.78, 5) is 39.5. The van der Waals surface area contributed by atoms with Gasteiger partial charge in [0.1, 0.15) is 17.9 Å². The molecule has 2 aromatic carbocycles.